The Labute approximate surface area is 101 Å². The molecule has 1 unspecified atom stereocenters. The summed E-state index contributed by atoms with van der Waals surface area (Å²) in [5.41, 5.74) is 1.18. The van der Waals surface area contributed by atoms with Gasteiger partial charge in [-0.25, -0.2) is 8.78 Å². The van der Waals surface area contributed by atoms with Gasteiger partial charge in [-0.15, -0.1) is 22.9 Å². The number of alkyl halides is 1. The maximum Gasteiger partial charge on any atom is 0.128 e. The molecule has 1 aromatic heterocycles. The molecule has 0 amide bonds. The molecule has 84 valence electrons. The molecule has 16 heavy (non-hydrogen) atoms. The van der Waals surface area contributed by atoms with Crippen LogP contribution in [-0.4, -0.2) is 0 Å². The Kier molecular flexibility index (Phi) is 3.26. The minimum Gasteiger partial charge on any atom is -0.207 e. The van der Waals surface area contributed by atoms with E-state index in [1.165, 1.54) is 11.3 Å². The highest BCUT2D eigenvalue weighted by Gasteiger charge is 2.18. The highest BCUT2D eigenvalue weighted by atomic mass is 35.5. The molecule has 0 fully saturated rings. The fraction of sp³-hybridized carbons (Fsp3) is 0.167. The Bertz CT molecular complexity index is 507. The molecule has 4 heteroatoms. The fourth-order valence-corrected chi connectivity index (χ4v) is 2.91. The van der Waals surface area contributed by atoms with E-state index in [1.54, 1.807) is 0 Å². The SMILES string of the molecule is Cc1ccsc1C(Cl)c1cc(F)ccc1F. The number of thiophene rings is 1. The molecule has 0 nitrogen and oxygen atoms in total. The van der Waals surface area contributed by atoms with Gasteiger partial charge in [0.25, 0.3) is 0 Å². The number of halogens is 3. The Balaban J connectivity index is 2.45. The summed E-state index contributed by atoms with van der Waals surface area (Å²) in [6.07, 6.45) is 0. The molecule has 2 rings (SSSR count). The minimum atomic E-state index is -0.629. The van der Waals surface area contributed by atoms with Crippen molar-refractivity contribution in [1.82, 2.24) is 0 Å². The van der Waals surface area contributed by atoms with Gasteiger partial charge < -0.3 is 0 Å². The van der Waals surface area contributed by atoms with E-state index in [9.17, 15) is 8.78 Å². The molecule has 1 heterocycles. The van der Waals surface area contributed by atoms with E-state index in [-0.39, 0.29) is 5.56 Å². The van der Waals surface area contributed by atoms with Crippen LogP contribution in [0.25, 0.3) is 0 Å². The summed E-state index contributed by atoms with van der Waals surface area (Å²) in [5, 5.41) is 1.26. The number of hydrogen-bond acceptors (Lipinski definition) is 1. The summed E-state index contributed by atoms with van der Waals surface area (Å²) in [6, 6.07) is 5.24. The Morgan fingerprint density at radius 2 is 2.00 bits per heavy atom. The van der Waals surface area contributed by atoms with Crippen LogP contribution in [0.5, 0.6) is 0 Å². The maximum atomic E-state index is 13.5. The number of benzene rings is 1. The largest absolute Gasteiger partial charge is 0.207 e. The van der Waals surface area contributed by atoms with Crippen molar-refractivity contribution in [2.24, 2.45) is 0 Å². The molecular formula is C12H9ClF2S. The molecule has 0 aliphatic rings. The maximum absolute atomic E-state index is 13.5. The van der Waals surface area contributed by atoms with Crippen molar-refractivity contribution >= 4 is 22.9 Å². The molecule has 0 saturated carbocycles. The van der Waals surface area contributed by atoms with Gasteiger partial charge in [0.05, 0.1) is 5.38 Å². The summed E-state index contributed by atoms with van der Waals surface area (Å²) in [6.45, 7) is 1.90. The second-order valence-electron chi connectivity index (χ2n) is 3.50. The summed E-state index contributed by atoms with van der Waals surface area (Å²) in [4.78, 5) is 0.853. The third kappa shape index (κ3) is 2.11. The van der Waals surface area contributed by atoms with Crippen LogP contribution in [0, 0.1) is 18.6 Å². The Hall–Kier alpha value is -0.930. The number of rotatable bonds is 2. The average molecular weight is 259 g/mol. The van der Waals surface area contributed by atoms with E-state index in [0.717, 1.165) is 28.6 Å². The summed E-state index contributed by atoms with van der Waals surface area (Å²) < 4.78 is 26.5. The van der Waals surface area contributed by atoms with Gasteiger partial charge in [-0.2, -0.15) is 0 Å². The molecule has 0 spiro atoms. The van der Waals surface area contributed by atoms with Crippen molar-refractivity contribution in [3.63, 3.8) is 0 Å². The van der Waals surface area contributed by atoms with E-state index < -0.39 is 17.0 Å². The van der Waals surface area contributed by atoms with Gasteiger partial charge in [-0.1, -0.05) is 0 Å². The zero-order chi connectivity index (χ0) is 11.7. The second kappa shape index (κ2) is 4.52. The standard InChI is InChI=1S/C12H9ClF2S/c1-7-4-5-16-12(7)11(13)9-6-8(14)2-3-10(9)15/h2-6,11H,1H3. The number of hydrogen-bond donors (Lipinski definition) is 0. The molecule has 0 aliphatic carbocycles. The van der Waals surface area contributed by atoms with Crippen molar-refractivity contribution in [2.45, 2.75) is 12.3 Å². The highest BCUT2D eigenvalue weighted by molar-refractivity contribution is 7.10. The van der Waals surface area contributed by atoms with Crippen LogP contribution in [-0.2, 0) is 0 Å². The average Bonchev–Trinajstić information content (AvgIpc) is 2.67. The summed E-state index contributed by atoms with van der Waals surface area (Å²) in [7, 11) is 0. The first-order valence-corrected chi connectivity index (χ1v) is 6.04. The molecule has 0 aliphatic heterocycles. The van der Waals surface area contributed by atoms with Crippen molar-refractivity contribution in [3.8, 4) is 0 Å². The van der Waals surface area contributed by atoms with Crippen LogP contribution in [0.3, 0.4) is 0 Å². The summed E-state index contributed by atoms with van der Waals surface area (Å²) >= 11 is 7.61. The first kappa shape index (κ1) is 11.6. The third-order valence-corrected chi connectivity index (χ3v) is 4.03. The zero-order valence-corrected chi connectivity index (χ0v) is 10.1. The van der Waals surface area contributed by atoms with E-state index >= 15 is 0 Å². The molecule has 0 bridgehead atoms. The smallest absolute Gasteiger partial charge is 0.128 e. The first-order chi connectivity index (χ1) is 7.59. The van der Waals surface area contributed by atoms with Crippen molar-refractivity contribution in [1.29, 1.82) is 0 Å². The molecular weight excluding hydrogens is 250 g/mol. The van der Waals surface area contributed by atoms with Gasteiger partial charge in [-0.3, -0.25) is 0 Å². The fourth-order valence-electron chi connectivity index (χ4n) is 1.49. The minimum absolute atomic E-state index is 0.187. The van der Waals surface area contributed by atoms with E-state index in [1.807, 2.05) is 18.4 Å². The monoisotopic (exact) mass is 258 g/mol. The Morgan fingerprint density at radius 1 is 1.25 bits per heavy atom. The van der Waals surface area contributed by atoms with Crippen LogP contribution < -0.4 is 0 Å². The normalized spacial score (nSPS) is 12.8. The second-order valence-corrected chi connectivity index (χ2v) is 4.88. The quantitative estimate of drug-likeness (QED) is 0.687. The Morgan fingerprint density at radius 3 is 2.62 bits per heavy atom. The van der Waals surface area contributed by atoms with E-state index in [4.69, 9.17) is 11.6 Å². The van der Waals surface area contributed by atoms with Crippen molar-refractivity contribution in [2.75, 3.05) is 0 Å². The van der Waals surface area contributed by atoms with E-state index in [2.05, 4.69) is 0 Å². The summed E-state index contributed by atoms with van der Waals surface area (Å²) in [5.74, 6) is -0.953. The van der Waals surface area contributed by atoms with Gasteiger partial charge in [0, 0.05) is 10.4 Å². The van der Waals surface area contributed by atoms with Crippen LogP contribution in [0.1, 0.15) is 21.4 Å². The van der Waals surface area contributed by atoms with E-state index in [0.29, 0.717) is 0 Å². The van der Waals surface area contributed by atoms with Crippen molar-refractivity contribution in [3.05, 3.63) is 57.3 Å². The molecule has 1 aromatic carbocycles. The van der Waals surface area contributed by atoms with Crippen LogP contribution in [0.4, 0.5) is 8.78 Å². The highest BCUT2D eigenvalue weighted by Crippen LogP contribution is 2.35. The zero-order valence-electron chi connectivity index (χ0n) is 8.51. The topological polar surface area (TPSA) is 0 Å². The lowest BCUT2D eigenvalue weighted by molar-refractivity contribution is 0.587. The predicted octanol–water partition coefficient (Wildman–Crippen LogP) is 4.66. The van der Waals surface area contributed by atoms with Gasteiger partial charge in [0.2, 0.25) is 0 Å². The lowest BCUT2D eigenvalue weighted by Gasteiger charge is -2.10. The van der Waals surface area contributed by atoms with Gasteiger partial charge >= 0.3 is 0 Å². The molecule has 0 N–H and O–H groups in total. The number of aryl methyl sites for hydroxylation is 1. The van der Waals surface area contributed by atoms with Crippen LogP contribution in [0.15, 0.2) is 29.6 Å². The molecule has 2 aromatic rings. The lowest BCUT2D eigenvalue weighted by atomic mass is 10.1. The lowest BCUT2D eigenvalue weighted by Crippen LogP contribution is -1.97. The first-order valence-electron chi connectivity index (χ1n) is 4.72. The predicted molar refractivity (Wildman–Crippen MR) is 63.1 cm³/mol. The molecule has 0 saturated heterocycles. The molecule has 0 radical (unpaired) electrons. The third-order valence-electron chi connectivity index (χ3n) is 2.36. The van der Waals surface area contributed by atoms with Gasteiger partial charge in [-0.05, 0) is 42.1 Å². The van der Waals surface area contributed by atoms with Gasteiger partial charge in [0.15, 0.2) is 0 Å². The van der Waals surface area contributed by atoms with Crippen LogP contribution in [0.2, 0.25) is 0 Å². The van der Waals surface area contributed by atoms with Crippen LogP contribution >= 0.6 is 22.9 Å². The molecule has 1 atom stereocenters. The van der Waals surface area contributed by atoms with Crippen molar-refractivity contribution < 1.29 is 8.78 Å². The van der Waals surface area contributed by atoms with Gasteiger partial charge in [0.1, 0.15) is 11.6 Å².